The molecule has 98 valence electrons. The van der Waals surface area contributed by atoms with Gasteiger partial charge in [-0.25, -0.2) is 0 Å². The number of rotatable bonds is 4. The standard InChI is InChI=1S/C14H19BrN2O/c1-14(3-4-14)12(17-16)8-10-7-11(15)6-9-2-5-18-13(9)10/h6-7,12,17H,2-5,8,16H2,1H3. The summed E-state index contributed by atoms with van der Waals surface area (Å²) in [5, 5.41) is 0. The van der Waals surface area contributed by atoms with E-state index in [0.717, 1.165) is 29.7 Å². The second-order valence-electron chi connectivity index (χ2n) is 5.73. The number of nitrogens with two attached hydrogens (primary N) is 1. The summed E-state index contributed by atoms with van der Waals surface area (Å²) < 4.78 is 6.91. The molecule has 0 aromatic heterocycles. The van der Waals surface area contributed by atoms with E-state index >= 15 is 0 Å². The van der Waals surface area contributed by atoms with E-state index in [0.29, 0.717) is 11.5 Å². The third-order valence-corrected chi connectivity index (χ3v) is 4.79. The van der Waals surface area contributed by atoms with E-state index < -0.39 is 0 Å². The number of ether oxygens (including phenoxy) is 1. The summed E-state index contributed by atoms with van der Waals surface area (Å²) in [4.78, 5) is 0. The molecular weight excluding hydrogens is 292 g/mol. The summed E-state index contributed by atoms with van der Waals surface area (Å²) in [7, 11) is 0. The molecule has 3 rings (SSSR count). The Morgan fingerprint density at radius 2 is 2.28 bits per heavy atom. The van der Waals surface area contributed by atoms with E-state index in [1.54, 1.807) is 0 Å². The Morgan fingerprint density at radius 3 is 2.94 bits per heavy atom. The zero-order chi connectivity index (χ0) is 12.8. The smallest absolute Gasteiger partial charge is 0.125 e. The molecule has 1 aliphatic carbocycles. The number of hydrogen-bond donors (Lipinski definition) is 2. The van der Waals surface area contributed by atoms with Gasteiger partial charge in [0, 0.05) is 16.9 Å². The molecule has 4 heteroatoms. The summed E-state index contributed by atoms with van der Waals surface area (Å²) in [5.41, 5.74) is 5.94. The topological polar surface area (TPSA) is 47.3 Å². The van der Waals surface area contributed by atoms with Crippen molar-refractivity contribution in [2.45, 2.75) is 38.6 Å². The molecule has 3 nitrogen and oxygen atoms in total. The van der Waals surface area contributed by atoms with Gasteiger partial charge in [-0.2, -0.15) is 0 Å². The molecule has 1 unspecified atom stereocenters. The maximum absolute atomic E-state index is 5.77. The van der Waals surface area contributed by atoms with Gasteiger partial charge in [0.2, 0.25) is 0 Å². The Morgan fingerprint density at radius 1 is 1.50 bits per heavy atom. The number of hydrazine groups is 1. The van der Waals surface area contributed by atoms with E-state index in [9.17, 15) is 0 Å². The molecule has 18 heavy (non-hydrogen) atoms. The molecule has 1 heterocycles. The summed E-state index contributed by atoms with van der Waals surface area (Å²) >= 11 is 3.59. The van der Waals surface area contributed by atoms with Gasteiger partial charge in [0.25, 0.3) is 0 Å². The van der Waals surface area contributed by atoms with Crippen LogP contribution < -0.4 is 16.0 Å². The normalized spacial score (nSPS) is 21.3. The monoisotopic (exact) mass is 310 g/mol. The molecule has 1 atom stereocenters. The minimum atomic E-state index is 0.333. The summed E-state index contributed by atoms with van der Waals surface area (Å²) in [6.45, 7) is 3.10. The molecule has 3 N–H and O–H groups in total. The van der Waals surface area contributed by atoms with Crippen LogP contribution >= 0.6 is 15.9 Å². The van der Waals surface area contributed by atoms with Gasteiger partial charge < -0.3 is 4.74 Å². The Labute approximate surface area is 116 Å². The first-order valence-electron chi connectivity index (χ1n) is 6.52. The number of benzene rings is 1. The van der Waals surface area contributed by atoms with Crippen LogP contribution in [0.5, 0.6) is 5.75 Å². The molecule has 1 fully saturated rings. The maximum Gasteiger partial charge on any atom is 0.125 e. The Bertz CT molecular complexity index is 471. The molecule has 1 aromatic rings. The van der Waals surface area contributed by atoms with Crippen molar-refractivity contribution >= 4 is 15.9 Å². The van der Waals surface area contributed by atoms with Crippen molar-refractivity contribution in [3.8, 4) is 5.75 Å². The fraction of sp³-hybridized carbons (Fsp3) is 0.571. The molecule has 1 aromatic carbocycles. The second kappa shape index (κ2) is 4.51. The van der Waals surface area contributed by atoms with Gasteiger partial charge in [0.05, 0.1) is 6.61 Å². The van der Waals surface area contributed by atoms with Crippen molar-refractivity contribution < 1.29 is 4.74 Å². The van der Waals surface area contributed by atoms with Crippen LogP contribution in [-0.2, 0) is 12.8 Å². The zero-order valence-corrected chi connectivity index (χ0v) is 12.2. The second-order valence-corrected chi connectivity index (χ2v) is 6.64. The van der Waals surface area contributed by atoms with E-state index in [-0.39, 0.29) is 0 Å². The van der Waals surface area contributed by atoms with Crippen molar-refractivity contribution in [2.75, 3.05) is 6.61 Å². The van der Waals surface area contributed by atoms with Crippen LogP contribution in [-0.4, -0.2) is 12.6 Å². The van der Waals surface area contributed by atoms with E-state index in [4.69, 9.17) is 10.6 Å². The summed E-state index contributed by atoms with van der Waals surface area (Å²) in [6.07, 6.45) is 4.48. The highest BCUT2D eigenvalue weighted by atomic mass is 79.9. The fourth-order valence-corrected chi connectivity index (χ4v) is 3.32. The number of halogens is 1. The average Bonchev–Trinajstić information content (AvgIpc) is 2.90. The predicted molar refractivity (Wildman–Crippen MR) is 75.5 cm³/mol. The zero-order valence-electron chi connectivity index (χ0n) is 10.6. The fourth-order valence-electron chi connectivity index (χ4n) is 2.77. The van der Waals surface area contributed by atoms with Gasteiger partial charge >= 0.3 is 0 Å². The molecule has 2 aliphatic rings. The quantitative estimate of drug-likeness (QED) is 0.664. The molecule has 0 bridgehead atoms. The number of nitrogens with one attached hydrogen (secondary N) is 1. The molecular formula is C14H19BrN2O. The number of hydrogen-bond acceptors (Lipinski definition) is 3. The lowest BCUT2D eigenvalue weighted by Crippen LogP contribution is -2.42. The largest absolute Gasteiger partial charge is 0.493 e. The third kappa shape index (κ3) is 2.17. The van der Waals surface area contributed by atoms with Crippen LogP contribution in [0.25, 0.3) is 0 Å². The van der Waals surface area contributed by atoms with Crippen molar-refractivity contribution in [2.24, 2.45) is 11.3 Å². The van der Waals surface area contributed by atoms with Crippen LogP contribution in [0.3, 0.4) is 0 Å². The first-order chi connectivity index (χ1) is 8.62. The molecule has 0 saturated heterocycles. The van der Waals surface area contributed by atoms with Crippen molar-refractivity contribution in [1.82, 2.24) is 5.43 Å². The van der Waals surface area contributed by atoms with E-state index in [1.165, 1.54) is 24.0 Å². The van der Waals surface area contributed by atoms with Crippen LogP contribution in [0.1, 0.15) is 30.9 Å². The average molecular weight is 311 g/mol. The van der Waals surface area contributed by atoms with E-state index in [2.05, 4.69) is 40.4 Å². The van der Waals surface area contributed by atoms with Crippen LogP contribution in [0.4, 0.5) is 0 Å². The van der Waals surface area contributed by atoms with Gasteiger partial charge in [-0.15, -0.1) is 0 Å². The van der Waals surface area contributed by atoms with E-state index in [1.807, 2.05) is 0 Å². The molecule has 0 spiro atoms. The Kier molecular flexibility index (Phi) is 3.12. The minimum absolute atomic E-state index is 0.333. The van der Waals surface area contributed by atoms with Gasteiger partial charge in [0.15, 0.2) is 0 Å². The first kappa shape index (κ1) is 12.5. The van der Waals surface area contributed by atoms with Gasteiger partial charge in [-0.05, 0) is 47.9 Å². The van der Waals surface area contributed by atoms with Crippen molar-refractivity contribution in [3.63, 3.8) is 0 Å². The van der Waals surface area contributed by atoms with Gasteiger partial charge in [-0.1, -0.05) is 22.9 Å². The SMILES string of the molecule is CC1(C(Cc2cc(Br)cc3c2OCC3)NN)CC1. The van der Waals surface area contributed by atoms with Crippen molar-refractivity contribution in [3.05, 3.63) is 27.7 Å². The molecule has 0 radical (unpaired) electrons. The Balaban J connectivity index is 1.88. The summed E-state index contributed by atoms with van der Waals surface area (Å²) in [5.74, 6) is 6.81. The molecule has 1 saturated carbocycles. The highest BCUT2D eigenvalue weighted by Crippen LogP contribution is 2.49. The lowest BCUT2D eigenvalue weighted by atomic mass is 9.92. The highest BCUT2D eigenvalue weighted by Gasteiger charge is 2.44. The van der Waals surface area contributed by atoms with Crippen LogP contribution in [0, 0.1) is 5.41 Å². The van der Waals surface area contributed by atoms with Gasteiger partial charge in [0.1, 0.15) is 5.75 Å². The summed E-state index contributed by atoms with van der Waals surface area (Å²) in [6, 6.07) is 4.66. The minimum Gasteiger partial charge on any atom is -0.493 e. The van der Waals surface area contributed by atoms with Gasteiger partial charge in [-0.3, -0.25) is 11.3 Å². The molecule has 0 amide bonds. The molecule has 1 aliphatic heterocycles. The highest BCUT2D eigenvalue weighted by molar-refractivity contribution is 9.10. The van der Waals surface area contributed by atoms with Crippen LogP contribution in [0.2, 0.25) is 0 Å². The van der Waals surface area contributed by atoms with Crippen LogP contribution in [0.15, 0.2) is 16.6 Å². The first-order valence-corrected chi connectivity index (χ1v) is 7.32. The maximum atomic E-state index is 5.77. The third-order valence-electron chi connectivity index (χ3n) is 4.33. The predicted octanol–water partition coefficient (Wildman–Crippen LogP) is 2.56. The Hall–Kier alpha value is -0.580. The van der Waals surface area contributed by atoms with Crippen molar-refractivity contribution in [1.29, 1.82) is 0 Å². The number of fused-ring (bicyclic) bond motifs is 1. The lowest BCUT2D eigenvalue weighted by Gasteiger charge is -2.23. The lowest BCUT2D eigenvalue weighted by molar-refractivity contribution is 0.336.